The molecule has 0 amide bonds. The molecule has 0 saturated heterocycles. The lowest BCUT2D eigenvalue weighted by atomic mass is 10.3. The van der Waals surface area contributed by atoms with Crippen LogP contribution in [0.1, 0.15) is 5.69 Å². The SMILES string of the molecule is Cn1ncc(Br)c1CNC(=S)Nc1cccc(Cl)c1. The average Bonchev–Trinajstić information content (AvgIpc) is 2.67. The Morgan fingerprint density at radius 2 is 2.32 bits per heavy atom. The summed E-state index contributed by atoms with van der Waals surface area (Å²) in [6.07, 6.45) is 1.75. The standard InChI is InChI=1S/C12H12BrClN4S/c1-18-11(10(13)6-16-18)7-15-12(19)17-9-4-2-3-8(14)5-9/h2-6H,7H2,1H3,(H2,15,17,19). The third-order valence-corrected chi connectivity index (χ3v) is 3.65. The van der Waals surface area contributed by atoms with Gasteiger partial charge in [0.25, 0.3) is 0 Å². The van der Waals surface area contributed by atoms with E-state index in [1.54, 1.807) is 10.9 Å². The Hall–Kier alpha value is -1.11. The number of nitrogens with zero attached hydrogens (tertiary/aromatic N) is 2. The highest BCUT2D eigenvalue weighted by Crippen LogP contribution is 2.16. The lowest BCUT2D eigenvalue weighted by Gasteiger charge is -2.11. The van der Waals surface area contributed by atoms with Crippen molar-refractivity contribution in [1.82, 2.24) is 15.1 Å². The third kappa shape index (κ3) is 3.92. The van der Waals surface area contributed by atoms with Crippen LogP contribution in [0.2, 0.25) is 5.02 Å². The number of rotatable bonds is 3. The zero-order valence-corrected chi connectivity index (χ0v) is 13.3. The second kappa shape index (κ2) is 6.36. The van der Waals surface area contributed by atoms with Crippen molar-refractivity contribution in [3.05, 3.63) is 45.7 Å². The number of thiocarbonyl (C=S) groups is 1. The van der Waals surface area contributed by atoms with Gasteiger partial charge in [-0.1, -0.05) is 17.7 Å². The molecular formula is C12H12BrClN4S. The molecule has 1 heterocycles. The predicted octanol–water partition coefficient (Wildman–Crippen LogP) is 3.32. The molecule has 1 aromatic carbocycles. The molecule has 0 aliphatic carbocycles. The van der Waals surface area contributed by atoms with Crippen molar-refractivity contribution in [3.63, 3.8) is 0 Å². The van der Waals surface area contributed by atoms with Gasteiger partial charge >= 0.3 is 0 Å². The van der Waals surface area contributed by atoms with Gasteiger partial charge in [-0.15, -0.1) is 0 Å². The fraction of sp³-hybridized carbons (Fsp3) is 0.167. The molecule has 0 atom stereocenters. The van der Waals surface area contributed by atoms with E-state index in [-0.39, 0.29) is 0 Å². The van der Waals surface area contributed by atoms with Gasteiger partial charge in [-0.05, 0) is 46.3 Å². The van der Waals surface area contributed by atoms with Crippen molar-refractivity contribution in [1.29, 1.82) is 0 Å². The molecule has 7 heteroatoms. The number of nitrogens with one attached hydrogen (secondary N) is 2. The van der Waals surface area contributed by atoms with Crippen LogP contribution in [0.3, 0.4) is 0 Å². The number of aryl methyl sites for hydroxylation is 1. The summed E-state index contributed by atoms with van der Waals surface area (Å²) in [5, 5.41) is 11.5. The zero-order valence-electron chi connectivity index (χ0n) is 10.2. The quantitative estimate of drug-likeness (QED) is 0.825. The summed E-state index contributed by atoms with van der Waals surface area (Å²) in [5.74, 6) is 0. The fourth-order valence-corrected chi connectivity index (χ4v) is 2.41. The Morgan fingerprint density at radius 1 is 1.53 bits per heavy atom. The lowest BCUT2D eigenvalue weighted by Crippen LogP contribution is -2.28. The molecule has 0 radical (unpaired) electrons. The Bertz CT molecular complexity index is 580. The van der Waals surface area contributed by atoms with E-state index in [9.17, 15) is 0 Å². The van der Waals surface area contributed by atoms with E-state index < -0.39 is 0 Å². The van der Waals surface area contributed by atoms with Crippen LogP contribution >= 0.6 is 39.7 Å². The monoisotopic (exact) mass is 358 g/mol. The Balaban J connectivity index is 1.92. The van der Waals surface area contributed by atoms with E-state index in [1.165, 1.54) is 0 Å². The van der Waals surface area contributed by atoms with Crippen molar-refractivity contribution >= 4 is 50.5 Å². The summed E-state index contributed by atoms with van der Waals surface area (Å²) in [6.45, 7) is 0.587. The van der Waals surface area contributed by atoms with E-state index in [0.717, 1.165) is 15.9 Å². The van der Waals surface area contributed by atoms with Crippen molar-refractivity contribution < 1.29 is 0 Å². The summed E-state index contributed by atoms with van der Waals surface area (Å²) in [4.78, 5) is 0. The molecule has 0 aliphatic heterocycles. The number of hydrogen-bond acceptors (Lipinski definition) is 2. The first-order valence-electron chi connectivity index (χ1n) is 5.53. The highest BCUT2D eigenvalue weighted by Gasteiger charge is 2.06. The van der Waals surface area contributed by atoms with E-state index in [2.05, 4.69) is 31.7 Å². The second-order valence-corrected chi connectivity index (χ2v) is 5.58. The van der Waals surface area contributed by atoms with E-state index >= 15 is 0 Å². The van der Waals surface area contributed by atoms with Gasteiger partial charge in [-0.25, -0.2) is 0 Å². The van der Waals surface area contributed by atoms with Crippen LogP contribution in [-0.4, -0.2) is 14.9 Å². The smallest absolute Gasteiger partial charge is 0.171 e. The van der Waals surface area contributed by atoms with Crippen LogP contribution in [0, 0.1) is 0 Å². The average molecular weight is 360 g/mol. The summed E-state index contributed by atoms with van der Waals surface area (Å²) >= 11 is 14.6. The van der Waals surface area contributed by atoms with Gasteiger partial charge in [-0.3, -0.25) is 4.68 Å². The largest absolute Gasteiger partial charge is 0.357 e. The topological polar surface area (TPSA) is 41.9 Å². The number of benzene rings is 1. The second-order valence-electron chi connectivity index (χ2n) is 3.88. The van der Waals surface area contributed by atoms with Gasteiger partial charge in [0.05, 0.1) is 22.9 Å². The molecule has 0 unspecified atom stereocenters. The molecule has 2 aromatic rings. The van der Waals surface area contributed by atoms with Crippen LogP contribution in [0.5, 0.6) is 0 Å². The van der Waals surface area contributed by atoms with Gasteiger partial charge in [0.2, 0.25) is 0 Å². The molecule has 1 aromatic heterocycles. The first-order valence-corrected chi connectivity index (χ1v) is 7.11. The van der Waals surface area contributed by atoms with Crippen LogP contribution < -0.4 is 10.6 Å². The molecule has 2 N–H and O–H groups in total. The van der Waals surface area contributed by atoms with Crippen LogP contribution in [0.15, 0.2) is 34.9 Å². The van der Waals surface area contributed by atoms with Crippen LogP contribution in [-0.2, 0) is 13.6 Å². The molecule has 0 saturated carbocycles. The lowest BCUT2D eigenvalue weighted by molar-refractivity contribution is 0.693. The summed E-state index contributed by atoms with van der Waals surface area (Å²) in [6, 6.07) is 7.40. The van der Waals surface area contributed by atoms with Crippen LogP contribution in [0.25, 0.3) is 0 Å². The molecular weight excluding hydrogens is 348 g/mol. The Morgan fingerprint density at radius 3 is 2.95 bits per heavy atom. The van der Waals surface area contributed by atoms with Gasteiger partial charge in [0.15, 0.2) is 5.11 Å². The van der Waals surface area contributed by atoms with Gasteiger partial charge in [0, 0.05) is 17.8 Å². The van der Waals surface area contributed by atoms with Crippen molar-refractivity contribution in [3.8, 4) is 0 Å². The maximum atomic E-state index is 5.91. The van der Waals surface area contributed by atoms with Crippen LogP contribution in [0.4, 0.5) is 5.69 Å². The maximum absolute atomic E-state index is 5.91. The van der Waals surface area contributed by atoms with Gasteiger partial charge in [0.1, 0.15) is 0 Å². The zero-order chi connectivity index (χ0) is 13.8. The normalized spacial score (nSPS) is 10.3. The molecule has 0 spiro atoms. The van der Waals surface area contributed by atoms with Crippen molar-refractivity contribution in [2.45, 2.75) is 6.54 Å². The molecule has 2 rings (SSSR count). The molecule has 19 heavy (non-hydrogen) atoms. The molecule has 0 fully saturated rings. The molecule has 0 bridgehead atoms. The number of aromatic nitrogens is 2. The van der Waals surface area contributed by atoms with Gasteiger partial charge in [-0.2, -0.15) is 5.10 Å². The van der Waals surface area contributed by atoms with Crippen molar-refractivity contribution in [2.75, 3.05) is 5.32 Å². The first kappa shape index (κ1) is 14.3. The molecule has 4 nitrogen and oxygen atoms in total. The minimum Gasteiger partial charge on any atom is -0.357 e. The number of hydrogen-bond donors (Lipinski definition) is 2. The van der Waals surface area contributed by atoms with Gasteiger partial charge < -0.3 is 10.6 Å². The maximum Gasteiger partial charge on any atom is 0.171 e. The molecule has 0 aliphatic rings. The summed E-state index contributed by atoms with van der Waals surface area (Å²) in [5.41, 5.74) is 1.88. The fourth-order valence-electron chi connectivity index (χ4n) is 1.54. The molecule has 100 valence electrons. The summed E-state index contributed by atoms with van der Waals surface area (Å²) in [7, 11) is 1.88. The highest BCUT2D eigenvalue weighted by atomic mass is 79.9. The Kier molecular flexibility index (Phi) is 4.79. The van der Waals surface area contributed by atoms with E-state index in [4.69, 9.17) is 23.8 Å². The summed E-state index contributed by atoms with van der Waals surface area (Å²) < 4.78 is 2.74. The predicted molar refractivity (Wildman–Crippen MR) is 85.4 cm³/mol. The third-order valence-electron chi connectivity index (χ3n) is 2.51. The minimum absolute atomic E-state index is 0.537. The van der Waals surface area contributed by atoms with Crippen molar-refractivity contribution in [2.24, 2.45) is 7.05 Å². The number of halogens is 2. The Labute approximate surface area is 130 Å². The number of anilines is 1. The minimum atomic E-state index is 0.537. The highest BCUT2D eigenvalue weighted by molar-refractivity contribution is 9.10. The van der Waals surface area contributed by atoms with E-state index in [1.807, 2.05) is 31.3 Å². The first-order chi connectivity index (χ1) is 9.06. The van der Waals surface area contributed by atoms with E-state index in [0.29, 0.717) is 16.7 Å².